The van der Waals surface area contributed by atoms with Gasteiger partial charge in [0, 0.05) is 53.0 Å². The number of aromatic amines is 1. The highest BCUT2D eigenvalue weighted by Crippen LogP contribution is 2.36. The molecule has 1 aromatic heterocycles. The number of carbonyl (C=O) groups excluding carboxylic acids is 3. The molecular weight excluding hydrogens is 504 g/mol. The molecule has 1 saturated heterocycles. The maximum absolute atomic E-state index is 14.1. The molecule has 0 saturated carbocycles. The predicted octanol–water partition coefficient (Wildman–Crippen LogP) is 2.77. The van der Waals surface area contributed by atoms with Gasteiger partial charge in [0.1, 0.15) is 6.04 Å². The number of carbonyl (C=O) groups is 3. The quantitative estimate of drug-likeness (QED) is 0.295. The van der Waals surface area contributed by atoms with Crippen LogP contribution in [0.15, 0.2) is 61.0 Å². The Hall–Kier alpha value is -3.69. The van der Waals surface area contributed by atoms with Gasteiger partial charge in [0.25, 0.3) is 0 Å². The fourth-order valence-electron chi connectivity index (χ4n) is 5.18. The van der Waals surface area contributed by atoms with E-state index < -0.39 is 23.4 Å². The van der Waals surface area contributed by atoms with Gasteiger partial charge in [-0.3, -0.25) is 19.4 Å². The number of nitrogens with one attached hydrogen (secondary N) is 2. The maximum atomic E-state index is 14.1. The normalized spacial score (nSPS) is 19.2. The Balaban J connectivity index is 1.93. The third-order valence-corrected chi connectivity index (χ3v) is 7.52. The van der Waals surface area contributed by atoms with Gasteiger partial charge in [-0.15, -0.1) is 0 Å². The average Bonchev–Trinajstić information content (AvgIpc) is 3.38. The van der Waals surface area contributed by atoms with E-state index in [4.69, 9.17) is 5.73 Å². The summed E-state index contributed by atoms with van der Waals surface area (Å²) in [6.45, 7) is 4.32. The number of hydrogen-bond acceptors (Lipinski definition) is 5. The van der Waals surface area contributed by atoms with Crippen LogP contribution in [-0.4, -0.2) is 83.9 Å². The van der Waals surface area contributed by atoms with Crippen molar-refractivity contribution in [3.05, 3.63) is 77.6 Å². The fourth-order valence-corrected chi connectivity index (χ4v) is 5.18. The van der Waals surface area contributed by atoms with Crippen molar-refractivity contribution in [3.63, 3.8) is 0 Å². The number of benzene rings is 1. The van der Waals surface area contributed by atoms with E-state index in [2.05, 4.69) is 10.3 Å². The first-order chi connectivity index (χ1) is 19.1. The average molecular weight is 549 g/mol. The van der Waals surface area contributed by atoms with E-state index in [9.17, 15) is 14.4 Å². The third-order valence-electron chi connectivity index (χ3n) is 7.52. The van der Waals surface area contributed by atoms with Gasteiger partial charge < -0.3 is 20.9 Å². The first-order valence-electron chi connectivity index (χ1n) is 13.9. The van der Waals surface area contributed by atoms with Crippen LogP contribution in [0.4, 0.5) is 0 Å². The second kappa shape index (κ2) is 14.1. The number of hydrazine groups is 1. The van der Waals surface area contributed by atoms with E-state index in [1.54, 1.807) is 28.9 Å². The summed E-state index contributed by atoms with van der Waals surface area (Å²) in [6, 6.07) is 8.34. The lowest BCUT2D eigenvalue weighted by atomic mass is 9.74. The van der Waals surface area contributed by atoms with Crippen LogP contribution in [0.2, 0.25) is 0 Å². The van der Waals surface area contributed by atoms with Gasteiger partial charge in [0.05, 0.1) is 11.5 Å². The molecule has 3 atom stereocenters. The first kappa shape index (κ1) is 30.8. The predicted molar refractivity (Wildman–Crippen MR) is 159 cm³/mol. The largest absolute Gasteiger partial charge is 0.367 e. The molecule has 0 radical (unpaired) electrons. The molecule has 9 nitrogen and oxygen atoms in total. The fraction of sp³-hybridized carbons (Fsp3) is 0.452. The summed E-state index contributed by atoms with van der Waals surface area (Å²) in [5, 5.41) is 6.26. The molecular formula is C31H44N6O3. The lowest BCUT2D eigenvalue weighted by Crippen LogP contribution is -2.60. The number of amides is 3. The van der Waals surface area contributed by atoms with Crippen LogP contribution in [0, 0.1) is 5.41 Å². The van der Waals surface area contributed by atoms with E-state index in [-0.39, 0.29) is 18.4 Å². The molecule has 9 heteroatoms. The van der Waals surface area contributed by atoms with Crippen molar-refractivity contribution in [1.29, 1.82) is 0 Å². The minimum Gasteiger partial charge on any atom is -0.367 e. The molecule has 2 heterocycles. The van der Waals surface area contributed by atoms with Crippen LogP contribution in [0.25, 0.3) is 6.08 Å². The second-order valence-electron chi connectivity index (χ2n) is 10.9. The zero-order valence-corrected chi connectivity index (χ0v) is 24.4. The van der Waals surface area contributed by atoms with Gasteiger partial charge in [-0.25, -0.2) is 5.01 Å². The van der Waals surface area contributed by atoms with Crippen molar-refractivity contribution in [3.8, 4) is 0 Å². The number of nitrogens with zero attached hydrogens (tertiary/aromatic N) is 3. The molecule has 0 bridgehead atoms. The lowest BCUT2D eigenvalue weighted by Gasteiger charge is -2.45. The summed E-state index contributed by atoms with van der Waals surface area (Å²) in [6.07, 6.45) is 13.6. The van der Waals surface area contributed by atoms with E-state index in [0.29, 0.717) is 32.2 Å². The van der Waals surface area contributed by atoms with Gasteiger partial charge in [-0.05, 0) is 49.8 Å². The first-order valence-corrected chi connectivity index (χ1v) is 13.9. The van der Waals surface area contributed by atoms with Crippen molar-refractivity contribution in [2.45, 2.75) is 51.6 Å². The van der Waals surface area contributed by atoms with E-state index in [1.807, 2.05) is 88.0 Å². The highest BCUT2D eigenvalue weighted by Gasteiger charge is 2.46. The summed E-state index contributed by atoms with van der Waals surface area (Å²) in [5.41, 5.74) is 7.95. The number of H-pyrrole nitrogens is 1. The topological polar surface area (TPSA) is 115 Å². The number of allylic oxidation sites excluding steroid dienone is 3. The van der Waals surface area contributed by atoms with Crippen LogP contribution in [-0.2, 0) is 27.2 Å². The SMILES string of the molecule is C/C=C\C=C/c1c[nH]cc1C[C@@H](NC(=O)C(C)N)C(=O)N1CCCC(Cc2ccccc2)(C(=O)N(C)N(C)C)C1. The van der Waals surface area contributed by atoms with E-state index in [1.165, 1.54) is 0 Å². The third kappa shape index (κ3) is 7.70. The summed E-state index contributed by atoms with van der Waals surface area (Å²) < 4.78 is 0. The molecule has 1 aliphatic heterocycles. The van der Waals surface area contributed by atoms with Gasteiger partial charge in [-0.2, -0.15) is 0 Å². The van der Waals surface area contributed by atoms with E-state index in [0.717, 1.165) is 16.7 Å². The Morgan fingerprint density at radius 2 is 1.88 bits per heavy atom. The smallest absolute Gasteiger partial charge is 0.245 e. The number of hydrogen-bond donors (Lipinski definition) is 3. The zero-order valence-electron chi connectivity index (χ0n) is 24.4. The monoisotopic (exact) mass is 548 g/mol. The molecule has 1 aliphatic rings. The highest BCUT2D eigenvalue weighted by molar-refractivity contribution is 5.91. The van der Waals surface area contributed by atoms with Gasteiger partial charge in [0.15, 0.2) is 0 Å². The lowest BCUT2D eigenvalue weighted by molar-refractivity contribution is -0.159. The number of rotatable bonds is 11. The van der Waals surface area contributed by atoms with Crippen molar-refractivity contribution in [2.24, 2.45) is 11.1 Å². The Morgan fingerprint density at radius 3 is 2.52 bits per heavy atom. The highest BCUT2D eigenvalue weighted by atomic mass is 16.2. The van der Waals surface area contributed by atoms with Crippen LogP contribution < -0.4 is 11.1 Å². The van der Waals surface area contributed by atoms with Gasteiger partial charge in [-0.1, -0.05) is 54.6 Å². The molecule has 1 fully saturated rings. The molecule has 0 spiro atoms. The Labute approximate surface area is 238 Å². The number of aromatic nitrogens is 1. The maximum Gasteiger partial charge on any atom is 0.245 e. The Morgan fingerprint density at radius 1 is 1.15 bits per heavy atom. The van der Waals surface area contributed by atoms with Crippen molar-refractivity contribution < 1.29 is 14.4 Å². The molecule has 0 aliphatic carbocycles. The van der Waals surface area contributed by atoms with Crippen molar-refractivity contribution >= 4 is 23.8 Å². The second-order valence-corrected chi connectivity index (χ2v) is 10.9. The number of nitrogens with two attached hydrogens (primary N) is 1. The number of piperidine rings is 1. The molecule has 4 N–H and O–H groups in total. The van der Waals surface area contributed by atoms with Crippen molar-refractivity contribution in [1.82, 2.24) is 25.2 Å². The molecule has 3 amide bonds. The van der Waals surface area contributed by atoms with Crippen LogP contribution in [0.1, 0.15) is 43.4 Å². The molecule has 3 rings (SSSR count). The summed E-state index contributed by atoms with van der Waals surface area (Å²) in [4.78, 5) is 45.6. The standard InChI is InChI=1S/C31H44N6O3/c1-6-7-9-15-25-20-33-21-26(25)18-27(34-28(38)23(2)32)29(39)37-17-12-16-31(22-37,30(40)36(5)35(3)4)19-24-13-10-8-11-14-24/h6-11,13-15,20-21,23,27,33H,12,16-19,22,32H2,1-5H3,(H,34,38)/b7-6-,15-9-/t23?,27-,31?/m1/s1. The van der Waals surface area contributed by atoms with Gasteiger partial charge >= 0.3 is 0 Å². The van der Waals surface area contributed by atoms with E-state index >= 15 is 0 Å². The minimum atomic E-state index is -0.822. The zero-order chi connectivity index (χ0) is 29.3. The summed E-state index contributed by atoms with van der Waals surface area (Å²) in [5.74, 6) is -0.635. The van der Waals surface area contributed by atoms with Crippen LogP contribution >= 0.6 is 0 Å². The minimum absolute atomic E-state index is 0.0305. The van der Waals surface area contributed by atoms with Crippen LogP contribution in [0.3, 0.4) is 0 Å². The molecule has 1 aromatic carbocycles. The van der Waals surface area contributed by atoms with Crippen molar-refractivity contribution in [2.75, 3.05) is 34.2 Å². The molecule has 40 heavy (non-hydrogen) atoms. The molecule has 2 aromatic rings. The van der Waals surface area contributed by atoms with Gasteiger partial charge in [0.2, 0.25) is 17.7 Å². The van der Waals surface area contributed by atoms with Crippen LogP contribution in [0.5, 0.6) is 0 Å². The Bertz CT molecular complexity index is 1200. The summed E-state index contributed by atoms with van der Waals surface area (Å²) >= 11 is 0. The Kier molecular flexibility index (Phi) is 10.9. The molecule has 216 valence electrons. The number of likely N-dealkylation sites (tertiary alicyclic amines) is 1. The molecule has 2 unspecified atom stereocenters. The summed E-state index contributed by atoms with van der Waals surface area (Å²) in [7, 11) is 5.42.